The van der Waals surface area contributed by atoms with Crippen LogP contribution in [-0.4, -0.2) is 30.8 Å². The van der Waals surface area contributed by atoms with Gasteiger partial charge < -0.3 is 20.4 Å². The van der Waals surface area contributed by atoms with Crippen molar-refractivity contribution in [3.8, 4) is 0 Å². The van der Waals surface area contributed by atoms with E-state index in [4.69, 9.17) is 15.0 Å². The van der Waals surface area contributed by atoms with Gasteiger partial charge in [-0.15, -0.1) is 0 Å². The number of hydrogen-bond donors (Lipinski definition) is 2. The van der Waals surface area contributed by atoms with E-state index in [0.29, 0.717) is 5.47 Å². The Morgan fingerprint density at radius 1 is 1.22 bits per heavy atom. The van der Waals surface area contributed by atoms with Gasteiger partial charge in [-0.25, -0.2) is 0 Å². The van der Waals surface area contributed by atoms with Gasteiger partial charge in [-0.3, -0.25) is 4.79 Å². The van der Waals surface area contributed by atoms with Crippen molar-refractivity contribution in [3.63, 3.8) is 0 Å². The third kappa shape index (κ3) is 4.84. The average Bonchev–Trinajstić information content (AvgIpc) is 2.72. The van der Waals surface area contributed by atoms with E-state index < -0.39 is 30.1 Å². The maximum atomic E-state index is 13.1. The molecule has 5 nitrogen and oxygen atoms in total. The summed E-state index contributed by atoms with van der Waals surface area (Å²) in [4.78, 5) is 11.3. The molecule has 1 heterocycles. The molecule has 1 aromatic carbocycles. The van der Waals surface area contributed by atoms with Gasteiger partial charge in [-0.2, -0.15) is 13.2 Å². The zero-order valence-electron chi connectivity index (χ0n) is 16.0. The molecular weight excluding hydrogens is 360 g/mol. The molecule has 0 saturated carbocycles. The van der Waals surface area contributed by atoms with E-state index >= 15 is 0 Å². The molecular formula is C18H24BF3N2O3. The molecule has 0 spiro atoms. The maximum absolute atomic E-state index is 13.1. The van der Waals surface area contributed by atoms with Crippen molar-refractivity contribution in [1.29, 1.82) is 0 Å². The lowest BCUT2D eigenvalue weighted by Gasteiger charge is -2.32. The Bertz CT molecular complexity index is 745. The zero-order chi connectivity index (χ0) is 20.6. The van der Waals surface area contributed by atoms with Gasteiger partial charge in [-0.1, -0.05) is 12.1 Å². The van der Waals surface area contributed by atoms with E-state index in [1.54, 1.807) is 0 Å². The normalized spacial score (nSPS) is 19.3. The number of anilines is 1. The molecule has 1 aliphatic heterocycles. The third-order valence-corrected chi connectivity index (χ3v) is 4.83. The highest BCUT2D eigenvalue weighted by Crippen LogP contribution is 2.39. The number of nitrogens with two attached hydrogens (primary N) is 1. The highest BCUT2D eigenvalue weighted by Gasteiger charge is 2.52. The smallest absolute Gasteiger partial charge is 0.400 e. The van der Waals surface area contributed by atoms with E-state index in [9.17, 15) is 18.0 Å². The van der Waals surface area contributed by atoms with E-state index in [0.717, 1.165) is 6.07 Å². The van der Waals surface area contributed by atoms with Crippen molar-refractivity contribution in [1.82, 2.24) is 5.32 Å². The second-order valence-corrected chi connectivity index (χ2v) is 7.56. The summed E-state index contributed by atoms with van der Waals surface area (Å²) in [5.41, 5.74) is 3.74. The molecule has 0 unspecified atom stereocenters. The van der Waals surface area contributed by atoms with Gasteiger partial charge in [0.15, 0.2) is 0 Å². The number of carbonyl (C=O) groups excluding carboxylic acids is 1. The third-order valence-electron chi connectivity index (χ3n) is 4.83. The van der Waals surface area contributed by atoms with Crippen LogP contribution in [0.3, 0.4) is 0 Å². The van der Waals surface area contributed by atoms with Crippen LogP contribution in [0.5, 0.6) is 0 Å². The molecule has 1 saturated heterocycles. The van der Waals surface area contributed by atoms with Crippen LogP contribution in [-0.2, 0) is 20.3 Å². The monoisotopic (exact) mass is 384 g/mol. The van der Waals surface area contributed by atoms with Crippen molar-refractivity contribution in [2.75, 3.05) is 12.3 Å². The number of nitrogens with one attached hydrogen (secondary N) is 1. The number of benzene rings is 1. The van der Waals surface area contributed by atoms with Gasteiger partial charge in [-0.05, 0) is 50.9 Å². The largest absolute Gasteiger partial charge is 0.492 e. The van der Waals surface area contributed by atoms with Crippen LogP contribution in [0.4, 0.5) is 18.9 Å². The number of alkyl halides is 3. The fraction of sp³-hybridized carbons (Fsp3) is 0.500. The standard InChI is InChI=1S/C18H24BF3N2O3/c1-11(25)24-10-13(19-26-16(2,3)17(4,5)27-19)8-12-6-7-15(23)14(9-12)18(20,21)22/h6-9H,10,23H2,1-5H3,(H,24,25). The minimum atomic E-state index is -4.56. The molecule has 0 radical (unpaired) electrons. The predicted octanol–water partition coefficient (Wildman–Crippen LogP) is 3.44. The lowest BCUT2D eigenvalue weighted by Crippen LogP contribution is -2.41. The second kappa shape index (κ2) is 7.20. The second-order valence-electron chi connectivity index (χ2n) is 7.56. The van der Waals surface area contributed by atoms with Crippen LogP contribution < -0.4 is 11.1 Å². The number of halogens is 3. The van der Waals surface area contributed by atoms with Crippen molar-refractivity contribution in [3.05, 3.63) is 34.8 Å². The fourth-order valence-corrected chi connectivity index (χ4v) is 2.55. The Morgan fingerprint density at radius 2 is 1.78 bits per heavy atom. The Hall–Kier alpha value is -2.00. The summed E-state index contributed by atoms with van der Waals surface area (Å²) in [5.74, 6) is -0.272. The Morgan fingerprint density at radius 3 is 2.26 bits per heavy atom. The van der Waals surface area contributed by atoms with Gasteiger partial charge in [0.05, 0.1) is 16.8 Å². The van der Waals surface area contributed by atoms with E-state index in [-0.39, 0.29) is 23.7 Å². The topological polar surface area (TPSA) is 73.6 Å². The Labute approximate surface area is 157 Å². The van der Waals surface area contributed by atoms with Crippen molar-refractivity contribution >= 4 is 24.8 Å². The SMILES string of the molecule is CC(=O)NCC(=Cc1ccc(N)c(C(F)(F)F)c1)B1OC(C)(C)C(C)(C)O1. The predicted molar refractivity (Wildman–Crippen MR) is 98.6 cm³/mol. The van der Waals surface area contributed by atoms with Crippen LogP contribution in [0.15, 0.2) is 23.7 Å². The highest BCUT2D eigenvalue weighted by molar-refractivity contribution is 6.56. The molecule has 9 heteroatoms. The average molecular weight is 384 g/mol. The first-order valence-corrected chi connectivity index (χ1v) is 8.50. The lowest BCUT2D eigenvalue weighted by molar-refractivity contribution is -0.136. The first-order valence-electron chi connectivity index (χ1n) is 8.50. The molecule has 2 rings (SSSR count). The number of carbonyl (C=O) groups is 1. The first-order chi connectivity index (χ1) is 12.2. The quantitative estimate of drug-likeness (QED) is 0.616. The van der Waals surface area contributed by atoms with Crippen LogP contribution in [0.1, 0.15) is 45.7 Å². The molecule has 1 amide bonds. The summed E-state index contributed by atoms with van der Waals surface area (Å²) < 4.78 is 51.3. The summed E-state index contributed by atoms with van der Waals surface area (Å²) in [7, 11) is -0.797. The molecule has 0 aliphatic carbocycles. The molecule has 0 aromatic heterocycles. The molecule has 3 N–H and O–H groups in total. The minimum Gasteiger partial charge on any atom is -0.400 e. The Balaban J connectivity index is 2.42. The van der Waals surface area contributed by atoms with Crippen molar-refractivity contribution in [2.24, 2.45) is 0 Å². The number of hydrogen-bond acceptors (Lipinski definition) is 4. The van der Waals surface area contributed by atoms with Crippen molar-refractivity contribution < 1.29 is 27.3 Å². The van der Waals surface area contributed by atoms with E-state index in [2.05, 4.69) is 5.32 Å². The summed E-state index contributed by atoms with van der Waals surface area (Å²) in [6, 6.07) is 3.65. The Kier molecular flexibility index (Phi) is 5.68. The molecule has 0 atom stereocenters. The van der Waals surface area contributed by atoms with Crippen LogP contribution in [0, 0.1) is 0 Å². The highest BCUT2D eigenvalue weighted by atomic mass is 19.4. The molecule has 148 valence electrons. The van der Waals surface area contributed by atoms with E-state index in [1.807, 2.05) is 27.7 Å². The van der Waals surface area contributed by atoms with Gasteiger partial charge in [0.2, 0.25) is 5.91 Å². The zero-order valence-corrected chi connectivity index (χ0v) is 16.0. The molecule has 0 bridgehead atoms. The van der Waals surface area contributed by atoms with Gasteiger partial charge in [0, 0.05) is 19.2 Å². The molecule has 1 fully saturated rings. The van der Waals surface area contributed by atoms with Gasteiger partial charge in [0.1, 0.15) is 0 Å². The summed E-state index contributed by atoms with van der Waals surface area (Å²) >= 11 is 0. The first kappa shape index (κ1) is 21.3. The van der Waals surface area contributed by atoms with Gasteiger partial charge in [0.25, 0.3) is 0 Å². The van der Waals surface area contributed by atoms with Crippen LogP contribution >= 0.6 is 0 Å². The number of nitrogen functional groups attached to an aromatic ring is 1. The van der Waals surface area contributed by atoms with Crippen molar-refractivity contribution in [2.45, 2.75) is 52.0 Å². The summed E-state index contributed by atoms with van der Waals surface area (Å²) in [6.07, 6.45) is -3.04. The molecule has 27 heavy (non-hydrogen) atoms. The number of amides is 1. The molecule has 1 aromatic rings. The molecule has 1 aliphatic rings. The van der Waals surface area contributed by atoms with E-state index in [1.165, 1.54) is 25.1 Å². The van der Waals surface area contributed by atoms with Crippen LogP contribution in [0.25, 0.3) is 6.08 Å². The van der Waals surface area contributed by atoms with Crippen LogP contribution in [0.2, 0.25) is 0 Å². The summed E-state index contributed by atoms with van der Waals surface area (Å²) in [6.45, 7) is 8.91. The fourth-order valence-electron chi connectivity index (χ4n) is 2.55. The number of rotatable bonds is 4. The minimum absolute atomic E-state index is 0.0812. The maximum Gasteiger partial charge on any atom is 0.492 e. The lowest BCUT2D eigenvalue weighted by atomic mass is 9.77. The summed E-state index contributed by atoms with van der Waals surface area (Å²) in [5, 5.41) is 2.64. The van der Waals surface area contributed by atoms with Gasteiger partial charge >= 0.3 is 13.3 Å².